The van der Waals surface area contributed by atoms with Crippen molar-refractivity contribution in [1.29, 1.82) is 0 Å². The zero-order valence-corrected chi connectivity index (χ0v) is 11.1. The summed E-state index contributed by atoms with van der Waals surface area (Å²) in [6, 6.07) is 0.295. The highest BCUT2D eigenvalue weighted by Gasteiger charge is 2.08. The molecule has 4 heteroatoms. The van der Waals surface area contributed by atoms with E-state index in [0.29, 0.717) is 12.0 Å². The Morgan fingerprint density at radius 2 is 2.31 bits per heavy atom. The predicted octanol–water partition coefficient (Wildman–Crippen LogP) is 2.35. The molecule has 0 spiro atoms. The molecule has 0 aliphatic carbocycles. The minimum Gasteiger partial charge on any atom is -0.327 e. The maximum Gasteiger partial charge on any atom is 0.0965 e. The molecule has 92 valence electrons. The van der Waals surface area contributed by atoms with Crippen LogP contribution < -0.4 is 11.1 Å². The molecule has 1 rings (SSSR count). The molecule has 0 aliphatic rings. The first-order valence-electron chi connectivity index (χ1n) is 6.09. The Morgan fingerprint density at radius 1 is 1.50 bits per heavy atom. The summed E-state index contributed by atoms with van der Waals surface area (Å²) in [4.78, 5) is 4.31. The summed E-state index contributed by atoms with van der Waals surface area (Å²) in [7, 11) is 0. The van der Waals surface area contributed by atoms with Crippen LogP contribution in [0, 0.1) is 0 Å². The zero-order valence-electron chi connectivity index (χ0n) is 10.3. The van der Waals surface area contributed by atoms with Crippen molar-refractivity contribution in [2.45, 2.75) is 45.1 Å². The summed E-state index contributed by atoms with van der Waals surface area (Å²) < 4.78 is 0. The lowest BCUT2D eigenvalue weighted by Crippen LogP contribution is -2.35. The molecule has 3 nitrogen and oxygen atoms in total. The van der Waals surface area contributed by atoms with Gasteiger partial charge in [0, 0.05) is 36.6 Å². The molecule has 0 aliphatic heterocycles. The average Bonchev–Trinajstić information content (AvgIpc) is 2.79. The van der Waals surface area contributed by atoms with E-state index in [-0.39, 0.29) is 0 Å². The number of hydrogen-bond acceptors (Lipinski definition) is 4. The molecule has 2 unspecified atom stereocenters. The number of nitrogens with zero attached hydrogens (tertiary/aromatic N) is 1. The van der Waals surface area contributed by atoms with Crippen LogP contribution in [0.15, 0.2) is 11.6 Å². The van der Waals surface area contributed by atoms with Crippen molar-refractivity contribution in [3.8, 4) is 0 Å². The fourth-order valence-electron chi connectivity index (χ4n) is 1.62. The SMILES string of the molecule is CCCCC(N)CNCC(C)c1nccs1. The summed E-state index contributed by atoms with van der Waals surface area (Å²) in [6.45, 7) is 6.27. The third-order valence-electron chi connectivity index (χ3n) is 2.66. The lowest BCUT2D eigenvalue weighted by molar-refractivity contribution is 0.510. The van der Waals surface area contributed by atoms with Crippen molar-refractivity contribution in [2.75, 3.05) is 13.1 Å². The van der Waals surface area contributed by atoms with Crippen LogP contribution in [-0.4, -0.2) is 24.1 Å². The van der Waals surface area contributed by atoms with E-state index in [9.17, 15) is 0 Å². The topological polar surface area (TPSA) is 50.9 Å². The van der Waals surface area contributed by atoms with Gasteiger partial charge in [-0.2, -0.15) is 0 Å². The molecule has 3 N–H and O–H groups in total. The second kappa shape index (κ2) is 7.76. The number of unbranched alkanes of at least 4 members (excludes halogenated alkanes) is 1. The molecular formula is C12H23N3S. The molecule has 0 radical (unpaired) electrons. The van der Waals surface area contributed by atoms with Crippen molar-refractivity contribution in [3.05, 3.63) is 16.6 Å². The average molecular weight is 241 g/mol. The van der Waals surface area contributed by atoms with Crippen molar-refractivity contribution >= 4 is 11.3 Å². The fraction of sp³-hybridized carbons (Fsp3) is 0.750. The number of thiazole rings is 1. The Morgan fingerprint density at radius 3 is 2.94 bits per heavy atom. The molecule has 1 heterocycles. The van der Waals surface area contributed by atoms with Crippen LogP contribution in [0.5, 0.6) is 0 Å². The molecule has 0 amide bonds. The number of aromatic nitrogens is 1. The first-order valence-corrected chi connectivity index (χ1v) is 6.97. The van der Waals surface area contributed by atoms with E-state index >= 15 is 0 Å². The van der Waals surface area contributed by atoms with E-state index in [4.69, 9.17) is 5.73 Å². The first kappa shape index (κ1) is 13.6. The molecule has 1 aromatic rings. The summed E-state index contributed by atoms with van der Waals surface area (Å²) >= 11 is 1.72. The van der Waals surface area contributed by atoms with Gasteiger partial charge in [-0.15, -0.1) is 11.3 Å². The molecule has 0 saturated carbocycles. The van der Waals surface area contributed by atoms with Crippen molar-refractivity contribution in [1.82, 2.24) is 10.3 Å². The van der Waals surface area contributed by atoms with E-state index in [1.807, 2.05) is 11.6 Å². The maximum atomic E-state index is 5.99. The highest BCUT2D eigenvalue weighted by Crippen LogP contribution is 2.16. The van der Waals surface area contributed by atoms with Gasteiger partial charge in [0.2, 0.25) is 0 Å². The van der Waals surface area contributed by atoms with E-state index in [2.05, 4.69) is 24.1 Å². The smallest absolute Gasteiger partial charge is 0.0965 e. The van der Waals surface area contributed by atoms with E-state index < -0.39 is 0 Å². The second-order valence-corrected chi connectivity index (χ2v) is 5.26. The van der Waals surface area contributed by atoms with Crippen molar-refractivity contribution in [3.63, 3.8) is 0 Å². The standard InChI is InChI=1S/C12H23N3S/c1-3-4-5-11(13)9-14-8-10(2)12-15-6-7-16-12/h6-7,10-11,14H,3-5,8-9,13H2,1-2H3. The summed E-state index contributed by atoms with van der Waals surface area (Å²) in [5.74, 6) is 0.485. The van der Waals surface area contributed by atoms with Gasteiger partial charge >= 0.3 is 0 Å². The molecule has 16 heavy (non-hydrogen) atoms. The van der Waals surface area contributed by atoms with Crippen LogP contribution in [0.4, 0.5) is 0 Å². The maximum absolute atomic E-state index is 5.99. The molecule has 0 aromatic carbocycles. The number of nitrogens with two attached hydrogens (primary N) is 1. The quantitative estimate of drug-likeness (QED) is 0.734. The van der Waals surface area contributed by atoms with E-state index in [1.165, 1.54) is 17.8 Å². The molecule has 0 bridgehead atoms. The Balaban J connectivity index is 2.11. The Labute approximate surface area is 102 Å². The zero-order chi connectivity index (χ0) is 11.8. The van der Waals surface area contributed by atoms with E-state index in [0.717, 1.165) is 19.5 Å². The minimum absolute atomic E-state index is 0.295. The van der Waals surface area contributed by atoms with Gasteiger partial charge in [-0.05, 0) is 6.42 Å². The van der Waals surface area contributed by atoms with Gasteiger partial charge in [0.15, 0.2) is 0 Å². The summed E-state index contributed by atoms with van der Waals surface area (Å²) in [6.07, 6.45) is 5.44. The van der Waals surface area contributed by atoms with Crippen LogP contribution in [0.25, 0.3) is 0 Å². The van der Waals surface area contributed by atoms with Gasteiger partial charge in [-0.3, -0.25) is 0 Å². The number of rotatable bonds is 8. The van der Waals surface area contributed by atoms with Crippen molar-refractivity contribution in [2.24, 2.45) is 5.73 Å². The van der Waals surface area contributed by atoms with Crippen LogP contribution in [0.3, 0.4) is 0 Å². The minimum atomic E-state index is 0.295. The van der Waals surface area contributed by atoms with Crippen LogP contribution in [-0.2, 0) is 0 Å². The van der Waals surface area contributed by atoms with Gasteiger partial charge in [0.1, 0.15) is 0 Å². The lowest BCUT2D eigenvalue weighted by atomic mass is 10.1. The second-order valence-electron chi connectivity index (χ2n) is 4.33. The highest BCUT2D eigenvalue weighted by atomic mass is 32.1. The normalized spacial score (nSPS) is 14.9. The van der Waals surface area contributed by atoms with Crippen LogP contribution in [0.1, 0.15) is 44.0 Å². The Hall–Kier alpha value is -0.450. The number of hydrogen-bond donors (Lipinski definition) is 2. The largest absolute Gasteiger partial charge is 0.327 e. The molecule has 1 aromatic heterocycles. The van der Waals surface area contributed by atoms with Crippen LogP contribution >= 0.6 is 11.3 Å². The molecule has 2 atom stereocenters. The monoisotopic (exact) mass is 241 g/mol. The Kier molecular flexibility index (Phi) is 6.61. The third-order valence-corrected chi connectivity index (χ3v) is 3.67. The van der Waals surface area contributed by atoms with Gasteiger partial charge in [-0.1, -0.05) is 26.7 Å². The Bertz CT molecular complexity index is 261. The fourth-order valence-corrected chi connectivity index (χ4v) is 2.32. The van der Waals surface area contributed by atoms with Crippen LogP contribution in [0.2, 0.25) is 0 Å². The lowest BCUT2D eigenvalue weighted by Gasteiger charge is -2.14. The summed E-state index contributed by atoms with van der Waals surface area (Å²) in [5, 5.41) is 6.65. The van der Waals surface area contributed by atoms with E-state index in [1.54, 1.807) is 11.3 Å². The molecular weight excluding hydrogens is 218 g/mol. The third kappa shape index (κ3) is 5.05. The predicted molar refractivity (Wildman–Crippen MR) is 70.9 cm³/mol. The van der Waals surface area contributed by atoms with Gasteiger partial charge in [0.05, 0.1) is 5.01 Å². The van der Waals surface area contributed by atoms with Crippen molar-refractivity contribution < 1.29 is 0 Å². The highest BCUT2D eigenvalue weighted by molar-refractivity contribution is 7.09. The van der Waals surface area contributed by atoms with Gasteiger partial charge in [0.25, 0.3) is 0 Å². The summed E-state index contributed by atoms with van der Waals surface area (Å²) in [5.41, 5.74) is 5.99. The van der Waals surface area contributed by atoms with Gasteiger partial charge in [-0.25, -0.2) is 4.98 Å². The van der Waals surface area contributed by atoms with Gasteiger partial charge < -0.3 is 11.1 Å². The molecule has 0 fully saturated rings. The number of nitrogens with one attached hydrogen (secondary N) is 1. The first-order chi connectivity index (χ1) is 7.74. The molecule has 0 saturated heterocycles.